The van der Waals surface area contributed by atoms with Crippen LogP contribution in [0.15, 0.2) is 66.9 Å². The number of hydrogen-bond acceptors (Lipinski definition) is 4. The Morgan fingerprint density at radius 2 is 1.75 bits per heavy atom. The van der Waals surface area contributed by atoms with Crippen molar-refractivity contribution in [1.82, 2.24) is 10.2 Å². The Morgan fingerprint density at radius 3 is 2.68 bits per heavy atom. The van der Waals surface area contributed by atoms with Crippen molar-refractivity contribution in [2.24, 2.45) is 0 Å². The van der Waals surface area contributed by atoms with Gasteiger partial charge in [0.05, 0.1) is 23.4 Å². The number of nitrogens with zero attached hydrogens (tertiary/aromatic N) is 1. The lowest BCUT2D eigenvalue weighted by Crippen LogP contribution is -2.22. The molecule has 3 heterocycles. The average Bonchev–Trinajstić information content (AvgIpc) is 3.39. The first-order valence-electron chi connectivity index (χ1n) is 9.69. The third-order valence-electron chi connectivity index (χ3n) is 5.80. The van der Waals surface area contributed by atoms with Crippen LogP contribution in [0.25, 0.3) is 10.9 Å². The zero-order valence-corrected chi connectivity index (χ0v) is 15.3. The number of rotatable bonds is 2. The number of para-hydroxylation sites is 3. The number of aromatic amines is 1. The van der Waals surface area contributed by atoms with E-state index in [1.165, 1.54) is 16.8 Å². The number of nitrogens with one attached hydrogen (secondary N) is 3. The summed E-state index contributed by atoms with van der Waals surface area (Å²) < 4.78 is 6.25. The predicted molar refractivity (Wildman–Crippen MR) is 111 cm³/mol. The van der Waals surface area contributed by atoms with Crippen molar-refractivity contribution in [1.29, 1.82) is 0 Å². The summed E-state index contributed by atoms with van der Waals surface area (Å²) in [7, 11) is 0. The first-order valence-corrected chi connectivity index (χ1v) is 9.69. The van der Waals surface area contributed by atoms with Crippen molar-refractivity contribution >= 4 is 22.3 Å². The molecule has 5 nitrogen and oxygen atoms in total. The van der Waals surface area contributed by atoms with Gasteiger partial charge in [-0.15, -0.1) is 0 Å². The van der Waals surface area contributed by atoms with E-state index in [-0.39, 0.29) is 12.3 Å². The van der Waals surface area contributed by atoms with Crippen molar-refractivity contribution < 1.29 is 4.74 Å². The summed E-state index contributed by atoms with van der Waals surface area (Å²) in [6, 6.07) is 21.1. The van der Waals surface area contributed by atoms with Gasteiger partial charge in [-0.2, -0.15) is 5.10 Å². The SMILES string of the molecule is c1ccc2c(c1)CCC(c1c(C3Nc4ccccc4O3)ccc3[nH]ncc13)N2. The molecule has 0 bridgehead atoms. The van der Waals surface area contributed by atoms with E-state index in [4.69, 9.17) is 4.74 Å². The summed E-state index contributed by atoms with van der Waals surface area (Å²) in [6.07, 6.45) is 3.82. The Labute approximate surface area is 162 Å². The zero-order chi connectivity index (χ0) is 18.5. The molecule has 6 rings (SSSR count). The summed E-state index contributed by atoms with van der Waals surface area (Å²) in [5.74, 6) is 0.896. The smallest absolute Gasteiger partial charge is 0.197 e. The third-order valence-corrected chi connectivity index (χ3v) is 5.80. The number of hydrogen-bond donors (Lipinski definition) is 3. The molecule has 3 N–H and O–H groups in total. The summed E-state index contributed by atoms with van der Waals surface area (Å²) in [5, 5.41) is 15.8. The van der Waals surface area contributed by atoms with Gasteiger partial charge in [0, 0.05) is 16.6 Å². The largest absolute Gasteiger partial charge is 0.464 e. The maximum Gasteiger partial charge on any atom is 0.197 e. The van der Waals surface area contributed by atoms with Gasteiger partial charge in [-0.1, -0.05) is 36.4 Å². The molecule has 4 aromatic rings. The summed E-state index contributed by atoms with van der Waals surface area (Å²) in [5.41, 5.74) is 7.09. The van der Waals surface area contributed by atoms with Crippen LogP contribution in [0.3, 0.4) is 0 Å². The molecule has 28 heavy (non-hydrogen) atoms. The van der Waals surface area contributed by atoms with Gasteiger partial charge in [-0.05, 0) is 48.2 Å². The zero-order valence-electron chi connectivity index (χ0n) is 15.3. The fourth-order valence-electron chi connectivity index (χ4n) is 4.46. The summed E-state index contributed by atoms with van der Waals surface area (Å²) in [4.78, 5) is 0. The minimum atomic E-state index is -0.203. The monoisotopic (exact) mass is 368 g/mol. The van der Waals surface area contributed by atoms with Gasteiger partial charge in [0.25, 0.3) is 0 Å². The van der Waals surface area contributed by atoms with Crippen LogP contribution in [-0.4, -0.2) is 10.2 Å². The topological polar surface area (TPSA) is 62.0 Å². The fraction of sp³-hybridized carbons (Fsp3) is 0.174. The van der Waals surface area contributed by atoms with Crippen LogP contribution in [0.1, 0.15) is 35.4 Å². The van der Waals surface area contributed by atoms with Crippen molar-refractivity contribution in [2.45, 2.75) is 25.1 Å². The minimum absolute atomic E-state index is 0.203. The molecular formula is C23H20N4O. The second-order valence-corrected chi connectivity index (χ2v) is 7.43. The molecule has 0 spiro atoms. The summed E-state index contributed by atoms with van der Waals surface area (Å²) >= 11 is 0. The molecule has 2 aliphatic rings. The molecular weight excluding hydrogens is 348 g/mol. The predicted octanol–water partition coefficient (Wildman–Crippen LogP) is 5.17. The van der Waals surface area contributed by atoms with E-state index < -0.39 is 0 Å². The van der Waals surface area contributed by atoms with E-state index in [0.717, 1.165) is 40.7 Å². The molecule has 2 unspecified atom stereocenters. The van der Waals surface area contributed by atoms with Crippen LogP contribution in [0, 0.1) is 0 Å². The van der Waals surface area contributed by atoms with E-state index in [2.05, 4.69) is 63.3 Å². The van der Waals surface area contributed by atoms with E-state index in [0.29, 0.717) is 0 Å². The highest BCUT2D eigenvalue weighted by Crippen LogP contribution is 2.43. The average molecular weight is 368 g/mol. The van der Waals surface area contributed by atoms with Crippen LogP contribution in [0.5, 0.6) is 5.75 Å². The molecule has 3 aromatic carbocycles. The van der Waals surface area contributed by atoms with Crippen LogP contribution in [-0.2, 0) is 6.42 Å². The Kier molecular flexibility index (Phi) is 3.35. The Balaban J connectivity index is 1.45. The lowest BCUT2D eigenvalue weighted by Gasteiger charge is -2.30. The molecule has 0 radical (unpaired) electrons. The highest BCUT2D eigenvalue weighted by Gasteiger charge is 2.30. The quantitative estimate of drug-likeness (QED) is 0.457. The van der Waals surface area contributed by atoms with Gasteiger partial charge < -0.3 is 15.4 Å². The van der Waals surface area contributed by atoms with Gasteiger partial charge in [0.2, 0.25) is 0 Å². The highest BCUT2D eigenvalue weighted by atomic mass is 16.5. The first-order chi connectivity index (χ1) is 13.9. The number of benzene rings is 3. The van der Waals surface area contributed by atoms with E-state index in [9.17, 15) is 0 Å². The van der Waals surface area contributed by atoms with Gasteiger partial charge in [0.1, 0.15) is 5.75 Å². The molecule has 5 heteroatoms. The number of anilines is 2. The first kappa shape index (κ1) is 15.6. The Bertz CT molecular complexity index is 1160. The molecule has 138 valence electrons. The standard InChI is InChI=1S/C23H20N4O/c1-2-6-17-14(5-1)9-11-20(25-17)22-15(10-12-18-16(22)13-24-27-18)23-26-19-7-3-4-8-21(19)28-23/h1-8,10,12-13,20,23,25-26H,9,11H2,(H,24,27). The molecule has 2 aliphatic heterocycles. The fourth-order valence-corrected chi connectivity index (χ4v) is 4.46. The van der Waals surface area contributed by atoms with Crippen LogP contribution in [0.4, 0.5) is 11.4 Å². The number of fused-ring (bicyclic) bond motifs is 3. The minimum Gasteiger partial charge on any atom is -0.464 e. The van der Waals surface area contributed by atoms with Crippen LogP contribution in [0.2, 0.25) is 0 Å². The molecule has 0 aliphatic carbocycles. The molecule has 1 aromatic heterocycles. The van der Waals surface area contributed by atoms with E-state index >= 15 is 0 Å². The van der Waals surface area contributed by atoms with Gasteiger partial charge in [-0.25, -0.2) is 0 Å². The number of ether oxygens (including phenoxy) is 1. The molecule has 0 amide bonds. The van der Waals surface area contributed by atoms with Gasteiger partial charge in [0.15, 0.2) is 6.23 Å². The Hall–Kier alpha value is -3.47. The lowest BCUT2D eigenvalue weighted by atomic mass is 9.88. The van der Waals surface area contributed by atoms with Crippen molar-refractivity contribution in [3.8, 4) is 5.75 Å². The second-order valence-electron chi connectivity index (χ2n) is 7.43. The van der Waals surface area contributed by atoms with Gasteiger partial charge in [-0.3, -0.25) is 5.10 Å². The van der Waals surface area contributed by atoms with Gasteiger partial charge >= 0.3 is 0 Å². The Morgan fingerprint density at radius 1 is 0.893 bits per heavy atom. The van der Waals surface area contributed by atoms with Crippen LogP contribution >= 0.6 is 0 Å². The molecule has 0 saturated carbocycles. The van der Waals surface area contributed by atoms with Crippen molar-refractivity contribution in [3.05, 3.63) is 83.6 Å². The normalized spacial score (nSPS) is 20.0. The maximum atomic E-state index is 6.25. The lowest BCUT2D eigenvalue weighted by molar-refractivity contribution is 0.258. The summed E-state index contributed by atoms with van der Waals surface area (Å²) in [6.45, 7) is 0. The van der Waals surface area contributed by atoms with E-state index in [1.54, 1.807) is 0 Å². The van der Waals surface area contributed by atoms with Crippen molar-refractivity contribution in [2.75, 3.05) is 10.6 Å². The van der Waals surface area contributed by atoms with Crippen molar-refractivity contribution in [3.63, 3.8) is 0 Å². The third kappa shape index (κ3) is 2.36. The van der Waals surface area contributed by atoms with E-state index in [1.807, 2.05) is 24.4 Å². The maximum absolute atomic E-state index is 6.25. The second kappa shape index (κ2) is 6.02. The highest BCUT2D eigenvalue weighted by molar-refractivity contribution is 5.84. The molecule has 2 atom stereocenters. The van der Waals surface area contributed by atoms with Crippen LogP contribution < -0.4 is 15.4 Å². The number of aryl methyl sites for hydroxylation is 1. The number of H-pyrrole nitrogens is 1. The molecule has 0 saturated heterocycles. The number of aromatic nitrogens is 2. The molecule has 0 fully saturated rings.